The molecule has 190 valence electrons. The second kappa shape index (κ2) is 9.27. The fraction of sp³-hybridized carbons (Fsp3) is 0.480. The van der Waals surface area contributed by atoms with Crippen molar-refractivity contribution in [1.82, 2.24) is 50.2 Å². The molecule has 1 saturated carbocycles. The number of aromatic nitrogens is 8. The van der Waals surface area contributed by atoms with E-state index in [0.717, 1.165) is 62.4 Å². The summed E-state index contributed by atoms with van der Waals surface area (Å²) in [6, 6.07) is 8.39. The molecule has 0 radical (unpaired) electrons. The Labute approximate surface area is 213 Å². The third-order valence-corrected chi connectivity index (χ3v) is 8.21. The minimum absolute atomic E-state index is 0.0131. The van der Waals surface area contributed by atoms with Gasteiger partial charge in [0.15, 0.2) is 0 Å². The number of hydrogen-bond donors (Lipinski definition) is 0. The maximum atomic E-state index is 13.6. The van der Waals surface area contributed by atoms with Crippen molar-refractivity contribution in [2.24, 2.45) is 11.8 Å². The number of nitrogens with zero attached hydrogens (tertiary/aromatic N) is 10. The molecular weight excluding hydrogens is 472 g/mol. The SMILES string of the molecule is O=C(C1CCC2=CC(n3cnnn3)=CCC21)N1CCN2C[C@@H](c3cccc(-n4cnnn4)c3)OC[C@@H]2C1. The average molecular weight is 501 g/mol. The highest BCUT2D eigenvalue weighted by Gasteiger charge is 2.42. The Bertz CT molecular complexity index is 1340. The van der Waals surface area contributed by atoms with Crippen molar-refractivity contribution in [1.29, 1.82) is 0 Å². The molecule has 7 rings (SSSR count). The number of carbonyl (C=O) groups is 1. The molecule has 12 nitrogen and oxygen atoms in total. The zero-order chi connectivity index (χ0) is 24.8. The van der Waals surface area contributed by atoms with Crippen molar-refractivity contribution in [3.63, 3.8) is 0 Å². The van der Waals surface area contributed by atoms with Crippen LogP contribution in [0.5, 0.6) is 0 Å². The fourth-order valence-corrected chi connectivity index (χ4v) is 6.26. The minimum Gasteiger partial charge on any atom is -0.370 e. The molecule has 2 saturated heterocycles. The van der Waals surface area contributed by atoms with Gasteiger partial charge in [-0.3, -0.25) is 9.69 Å². The van der Waals surface area contributed by atoms with Crippen LogP contribution >= 0.6 is 0 Å². The van der Waals surface area contributed by atoms with Crippen molar-refractivity contribution in [3.05, 3.63) is 60.2 Å². The van der Waals surface area contributed by atoms with Crippen LogP contribution in [-0.4, -0.2) is 94.9 Å². The highest BCUT2D eigenvalue weighted by Crippen LogP contribution is 2.44. The lowest BCUT2D eigenvalue weighted by Crippen LogP contribution is -2.60. The monoisotopic (exact) mass is 500 g/mol. The van der Waals surface area contributed by atoms with E-state index in [0.29, 0.717) is 12.5 Å². The number of ether oxygens (including phenoxy) is 1. The van der Waals surface area contributed by atoms with E-state index >= 15 is 0 Å². The third kappa shape index (κ3) is 4.15. The van der Waals surface area contributed by atoms with Crippen LogP contribution in [0.25, 0.3) is 11.4 Å². The van der Waals surface area contributed by atoms with E-state index in [2.05, 4.69) is 65.1 Å². The van der Waals surface area contributed by atoms with Crippen LogP contribution in [0.15, 0.2) is 54.6 Å². The average Bonchev–Trinajstić information content (AvgIpc) is 3.74. The summed E-state index contributed by atoms with van der Waals surface area (Å²) in [5, 5.41) is 22.9. The first-order chi connectivity index (χ1) is 18.2. The summed E-state index contributed by atoms with van der Waals surface area (Å²) in [7, 11) is 0. The van der Waals surface area contributed by atoms with Crippen LogP contribution in [0.2, 0.25) is 0 Å². The Morgan fingerprint density at radius 2 is 1.89 bits per heavy atom. The number of rotatable bonds is 4. The van der Waals surface area contributed by atoms with Gasteiger partial charge in [-0.1, -0.05) is 23.8 Å². The molecule has 0 bridgehead atoms. The largest absolute Gasteiger partial charge is 0.370 e. The van der Waals surface area contributed by atoms with Gasteiger partial charge in [-0.05, 0) is 69.8 Å². The van der Waals surface area contributed by atoms with E-state index < -0.39 is 0 Å². The number of fused-ring (bicyclic) bond motifs is 2. The van der Waals surface area contributed by atoms with Crippen molar-refractivity contribution in [3.8, 4) is 5.69 Å². The lowest BCUT2D eigenvalue weighted by Gasteiger charge is -2.46. The number of carbonyl (C=O) groups excluding carboxylic acids is 1. The van der Waals surface area contributed by atoms with Crippen molar-refractivity contribution < 1.29 is 9.53 Å². The Morgan fingerprint density at radius 3 is 2.73 bits per heavy atom. The Balaban J connectivity index is 0.983. The van der Waals surface area contributed by atoms with Crippen molar-refractivity contribution >= 4 is 11.6 Å². The van der Waals surface area contributed by atoms with Crippen LogP contribution < -0.4 is 0 Å². The summed E-state index contributed by atoms with van der Waals surface area (Å²) >= 11 is 0. The highest BCUT2D eigenvalue weighted by atomic mass is 16.5. The highest BCUT2D eigenvalue weighted by molar-refractivity contribution is 5.81. The van der Waals surface area contributed by atoms with Crippen LogP contribution in [0, 0.1) is 11.8 Å². The second-order valence-electron chi connectivity index (χ2n) is 10.2. The van der Waals surface area contributed by atoms with E-state index in [-0.39, 0.29) is 24.0 Å². The van der Waals surface area contributed by atoms with Crippen LogP contribution in [0.3, 0.4) is 0 Å². The molecule has 2 aromatic heterocycles. The van der Waals surface area contributed by atoms with Gasteiger partial charge >= 0.3 is 0 Å². The zero-order valence-corrected chi connectivity index (χ0v) is 20.4. The summed E-state index contributed by atoms with van der Waals surface area (Å²) < 4.78 is 9.66. The number of morpholine rings is 1. The molecule has 4 atom stereocenters. The standard InChI is InChI=1S/C25H28N10O2/c36-25(23-6-4-17-10-20(5-7-22(17)23)35-16-27-29-31-35)33-9-8-32-13-24(37-14-21(32)12-33)18-2-1-3-19(11-18)34-15-26-28-30-34/h1-3,5,10-11,15-16,21-24H,4,6-9,12-14H2/t21-,22?,23?,24-/m0/s1. The lowest BCUT2D eigenvalue weighted by atomic mass is 9.85. The molecule has 0 spiro atoms. The fourth-order valence-electron chi connectivity index (χ4n) is 6.26. The van der Waals surface area contributed by atoms with E-state index in [1.54, 1.807) is 22.0 Å². The molecule has 4 aliphatic rings. The van der Waals surface area contributed by atoms with Gasteiger partial charge in [0.05, 0.1) is 30.1 Å². The quantitative estimate of drug-likeness (QED) is 0.519. The van der Waals surface area contributed by atoms with Gasteiger partial charge in [0.1, 0.15) is 12.7 Å². The van der Waals surface area contributed by atoms with Crippen molar-refractivity contribution in [2.45, 2.75) is 31.4 Å². The summed E-state index contributed by atoms with van der Waals surface area (Å²) in [4.78, 5) is 18.2. The molecule has 1 amide bonds. The predicted octanol–water partition coefficient (Wildman–Crippen LogP) is 1.13. The predicted molar refractivity (Wildman–Crippen MR) is 131 cm³/mol. The summed E-state index contributed by atoms with van der Waals surface area (Å²) in [5.74, 6) is 0.629. The zero-order valence-electron chi connectivity index (χ0n) is 20.4. The molecular formula is C25H28N10O2. The number of benzene rings is 1. The summed E-state index contributed by atoms with van der Waals surface area (Å²) in [6.45, 7) is 3.79. The maximum absolute atomic E-state index is 13.6. The summed E-state index contributed by atoms with van der Waals surface area (Å²) in [6.07, 6.45) is 10.2. The lowest BCUT2D eigenvalue weighted by molar-refractivity contribution is -0.145. The van der Waals surface area contributed by atoms with Gasteiger partial charge in [-0.15, -0.1) is 10.2 Å². The molecule has 1 aromatic carbocycles. The molecule has 4 heterocycles. The number of piperazine rings is 1. The Kier molecular flexibility index (Phi) is 5.62. The Morgan fingerprint density at radius 1 is 1.03 bits per heavy atom. The Hall–Kier alpha value is -3.77. The first-order valence-corrected chi connectivity index (χ1v) is 12.8. The first kappa shape index (κ1) is 22.4. The topological polar surface area (TPSA) is 120 Å². The number of amides is 1. The van der Waals surface area contributed by atoms with Gasteiger partial charge in [-0.25, -0.2) is 9.36 Å². The van der Waals surface area contributed by atoms with E-state index in [4.69, 9.17) is 4.74 Å². The normalized spacial score (nSPS) is 27.8. The van der Waals surface area contributed by atoms with E-state index in [1.807, 2.05) is 12.1 Å². The van der Waals surface area contributed by atoms with E-state index in [9.17, 15) is 4.79 Å². The molecule has 2 aliphatic heterocycles. The molecule has 3 aromatic rings. The minimum atomic E-state index is -0.0131. The second-order valence-corrected chi connectivity index (χ2v) is 10.2. The van der Waals surface area contributed by atoms with Gasteiger partial charge in [-0.2, -0.15) is 0 Å². The first-order valence-electron chi connectivity index (χ1n) is 12.8. The molecule has 37 heavy (non-hydrogen) atoms. The summed E-state index contributed by atoms with van der Waals surface area (Å²) in [5.41, 5.74) is 4.37. The van der Waals surface area contributed by atoms with Crippen molar-refractivity contribution in [2.75, 3.05) is 32.8 Å². The number of allylic oxidation sites excluding steroid dienone is 4. The van der Waals surface area contributed by atoms with Crippen LogP contribution in [0.4, 0.5) is 0 Å². The van der Waals surface area contributed by atoms with Crippen LogP contribution in [-0.2, 0) is 9.53 Å². The number of hydrogen-bond acceptors (Lipinski definition) is 9. The van der Waals surface area contributed by atoms with Gasteiger partial charge in [0.2, 0.25) is 5.91 Å². The van der Waals surface area contributed by atoms with Gasteiger partial charge in [0.25, 0.3) is 0 Å². The van der Waals surface area contributed by atoms with Gasteiger partial charge < -0.3 is 9.64 Å². The molecule has 2 aliphatic carbocycles. The van der Waals surface area contributed by atoms with Crippen LogP contribution in [0.1, 0.15) is 30.9 Å². The maximum Gasteiger partial charge on any atom is 0.226 e. The third-order valence-electron chi connectivity index (χ3n) is 8.21. The smallest absolute Gasteiger partial charge is 0.226 e. The molecule has 2 unspecified atom stereocenters. The molecule has 0 N–H and O–H groups in total. The number of tetrazole rings is 2. The van der Waals surface area contributed by atoms with Gasteiger partial charge in [0, 0.05) is 32.1 Å². The van der Waals surface area contributed by atoms with E-state index in [1.165, 1.54) is 5.57 Å². The molecule has 12 heteroatoms. The molecule has 3 fully saturated rings.